The van der Waals surface area contributed by atoms with Crippen LogP contribution in [0.15, 0.2) is 79.4 Å². The van der Waals surface area contributed by atoms with Crippen LogP contribution in [-0.4, -0.2) is 74.3 Å². The fraction of sp³-hybridized carbons (Fsp3) is 0.514. The molecule has 0 saturated carbocycles. The van der Waals surface area contributed by atoms with Crippen LogP contribution < -0.4 is 10.6 Å². The number of nitrogens with zero attached hydrogens (tertiary/aromatic N) is 3. The molecule has 0 aliphatic carbocycles. The van der Waals surface area contributed by atoms with E-state index in [-0.39, 0.29) is 24.2 Å². The van der Waals surface area contributed by atoms with Gasteiger partial charge in [-0.25, -0.2) is 9.78 Å². The number of rotatable bonds is 13. The highest BCUT2D eigenvalue weighted by Crippen LogP contribution is 2.24. The van der Waals surface area contributed by atoms with Crippen LogP contribution in [0.1, 0.15) is 71.0 Å². The largest absolute Gasteiger partial charge is 0.444 e. The molecular weight excluding hydrogens is 594 g/mol. The Bertz CT molecular complexity index is 1400. The Labute approximate surface area is 278 Å². The van der Waals surface area contributed by atoms with Gasteiger partial charge in [0.15, 0.2) is 0 Å². The molecule has 2 aromatic carbocycles. The first-order valence-electron chi connectivity index (χ1n) is 16.7. The highest BCUT2D eigenvalue weighted by molar-refractivity contribution is 5.89. The van der Waals surface area contributed by atoms with Gasteiger partial charge in [-0.3, -0.25) is 9.59 Å². The lowest BCUT2D eigenvalue weighted by Crippen LogP contribution is -2.54. The van der Waals surface area contributed by atoms with Crippen molar-refractivity contribution in [1.29, 1.82) is 0 Å². The Morgan fingerprint density at radius 1 is 0.936 bits per heavy atom. The number of alkyl carbamates (subject to hydrolysis) is 1. The molecule has 47 heavy (non-hydrogen) atoms. The fourth-order valence-electron chi connectivity index (χ4n) is 6.10. The number of aromatic nitrogens is 2. The van der Waals surface area contributed by atoms with Crippen LogP contribution in [0.25, 0.3) is 0 Å². The second kappa shape index (κ2) is 16.6. The summed E-state index contributed by atoms with van der Waals surface area (Å²) in [5.41, 5.74) is 1.15. The Balaban J connectivity index is 1.50. The zero-order chi connectivity index (χ0) is 34.0. The number of aliphatic hydroxyl groups excluding tert-OH is 1. The van der Waals surface area contributed by atoms with Crippen molar-refractivity contribution >= 4 is 17.9 Å². The monoisotopic (exact) mass is 645 g/mol. The van der Waals surface area contributed by atoms with Gasteiger partial charge in [0.25, 0.3) is 0 Å². The normalized spacial score (nSPS) is 16.6. The lowest BCUT2D eigenvalue weighted by atomic mass is 9.88. The molecule has 254 valence electrons. The van der Waals surface area contributed by atoms with Crippen molar-refractivity contribution in [3.8, 4) is 0 Å². The first-order valence-corrected chi connectivity index (χ1v) is 16.7. The van der Waals surface area contributed by atoms with Crippen LogP contribution in [0.4, 0.5) is 4.79 Å². The Morgan fingerprint density at radius 3 is 2.06 bits per heavy atom. The van der Waals surface area contributed by atoms with E-state index in [0.717, 1.165) is 24.0 Å². The smallest absolute Gasteiger partial charge is 0.407 e. The molecule has 3 amide bonds. The van der Waals surface area contributed by atoms with Gasteiger partial charge in [0, 0.05) is 37.4 Å². The van der Waals surface area contributed by atoms with Crippen LogP contribution >= 0.6 is 0 Å². The Hall–Kier alpha value is -4.18. The number of carbonyl (C=O) groups is 3. The number of hydrogen-bond donors (Lipinski definition) is 3. The van der Waals surface area contributed by atoms with Crippen molar-refractivity contribution in [3.05, 3.63) is 90.5 Å². The molecule has 4 rings (SSSR count). The van der Waals surface area contributed by atoms with E-state index in [0.29, 0.717) is 32.0 Å². The summed E-state index contributed by atoms with van der Waals surface area (Å²) in [5.74, 6) is -1.19. The van der Waals surface area contributed by atoms with E-state index in [1.54, 1.807) is 27.0 Å². The summed E-state index contributed by atoms with van der Waals surface area (Å²) in [6, 6.07) is 18.1. The lowest BCUT2D eigenvalue weighted by Gasteiger charge is -2.36. The number of ether oxygens (including phenoxy) is 1. The molecule has 3 N–H and O–H groups in total. The van der Waals surface area contributed by atoms with Gasteiger partial charge in [0.2, 0.25) is 11.8 Å². The summed E-state index contributed by atoms with van der Waals surface area (Å²) in [7, 11) is 0. The van der Waals surface area contributed by atoms with Crippen molar-refractivity contribution in [3.63, 3.8) is 0 Å². The summed E-state index contributed by atoms with van der Waals surface area (Å²) < 4.78 is 7.60. The quantitative estimate of drug-likeness (QED) is 0.242. The van der Waals surface area contributed by atoms with Crippen LogP contribution in [0.5, 0.6) is 0 Å². The first kappa shape index (κ1) is 35.7. The predicted molar refractivity (Wildman–Crippen MR) is 181 cm³/mol. The lowest BCUT2D eigenvalue weighted by molar-refractivity contribution is -0.140. The molecule has 10 nitrogen and oxygen atoms in total. The topological polar surface area (TPSA) is 126 Å². The van der Waals surface area contributed by atoms with E-state index < -0.39 is 35.8 Å². The first-order chi connectivity index (χ1) is 22.4. The number of carbonyl (C=O) groups excluding carboxylic acids is 3. The molecule has 0 bridgehead atoms. The van der Waals surface area contributed by atoms with Crippen molar-refractivity contribution < 1.29 is 24.2 Å². The van der Waals surface area contributed by atoms with Crippen molar-refractivity contribution in [2.24, 2.45) is 11.8 Å². The van der Waals surface area contributed by atoms with Gasteiger partial charge in [0.1, 0.15) is 11.6 Å². The number of piperidine rings is 1. The molecule has 1 fully saturated rings. The molecule has 0 spiro atoms. The summed E-state index contributed by atoms with van der Waals surface area (Å²) in [4.78, 5) is 46.7. The summed E-state index contributed by atoms with van der Waals surface area (Å²) in [5, 5.41) is 17.6. The number of nitrogens with one attached hydrogen (secondary N) is 2. The maximum Gasteiger partial charge on any atom is 0.407 e. The molecule has 0 unspecified atom stereocenters. The number of benzene rings is 2. The highest BCUT2D eigenvalue weighted by Gasteiger charge is 2.35. The zero-order valence-corrected chi connectivity index (χ0v) is 28.3. The summed E-state index contributed by atoms with van der Waals surface area (Å²) in [6.07, 6.45) is 6.25. The number of amides is 3. The van der Waals surface area contributed by atoms with Gasteiger partial charge in [-0.1, -0.05) is 74.5 Å². The molecule has 10 heteroatoms. The predicted octanol–water partition coefficient (Wildman–Crippen LogP) is 4.93. The number of hydrogen-bond acceptors (Lipinski definition) is 6. The Morgan fingerprint density at radius 2 is 1.53 bits per heavy atom. The van der Waals surface area contributed by atoms with Crippen LogP contribution in [0.3, 0.4) is 0 Å². The molecule has 3 aromatic rings. The van der Waals surface area contributed by atoms with E-state index in [1.165, 1.54) is 0 Å². The Kier molecular flexibility index (Phi) is 12.6. The zero-order valence-electron chi connectivity index (χ0n) is 28.3. The maximum atomic E-state index is 14.1. The number of aliphatic hydroxyl groups is 1. The van der Waals surface area contributed by atoms with Crippen molar-refractivity contribution in [1.82, 2.24) is 25.1 Å². The second-order valence-electron chi connectivity index (χ2n) is 13.9. The van der Waals surface area contributed by atoms with E-state index in [9.17, 15) is 19.5 Å². The van der Waals surface area contributed by atoms with E-state index in [1.807, 2.05) is 91.9 Å². The standard InChI is InChI=1S/C37H51N5O5/c1-26(2)33(35(45)41-19-16-30(17-20-41)42-21-18-38-25-42)40-34(44)29(22-27-12-8-6-9-13-27)24-32(43)31(23-28-14-10-7-11-15-28)39-36(46)47-37(3,4)5/h6-15,18,21,25-26,29-33,43H,16-17,19-20,22-24H2,1-5H3,(H,39,46)(H,40,44)/t29-,31+,32-,33-/m0/s1. The highest BCUT2D eigenvalue weighted by atomic mass is 16.6. The van der Waals surface area contributed by atoms with Crippen molar-refractivity contribution in [2.45, 2.75) is 96.6 Å². The third-order valence-corrected chi connectivity index (χ3v) is 8.64. The minimum absolute atomic E-state index is 0.0727. The molecule has 1 aliphatic rings. The van der Waals surface area contributed by atoms with Gasteiger partial charge in [-0.2, -0.15) is 0 Å². The average molecular weight is 646 g/mol. The number of likely N-dealkylation sites (tertiary alicyclic amines) is 1. The van der Waals surface area contributed by atoms with Gasteiger partial charge < -0.3 is 29.9 Å². The van der Waals surface area contributed by atoms with E-state index in [2.05, 4.69) is 20.2 Å². The van der Waals surface area contributed by atoms with E-state index in [4.69, 9.17) is 4.74 Å². The SMILES string of the molecule is CC(C)[C@H](NC(=O)[C@@H](Cc1ccccc1)C[C@H](O)[C@@H](Cc1ccccc1)NC(=O)OC(C)(C)C)C(=O)N1CCC(n2ccnc2)CC1. The molecule has 1 aliphatic heterocycles. The summed E-state index contributed by atoms with van der Waals surface area (Å²) in [6.45, 7) is 10.4. The van der Waals surface area contributed by atoms with Gasteiger partial charge in [-0.05, 0) is 69.9 Å². The van der Waals surface area contributed by atoms with Crippen LogP contribution in [-0.2, 0) is 27.2 Å². The number of imidazole rings is 1. The average Bonchev–Trinajstić information content (AvgIpc) is 3.58. The molecule has 2 heterocycles. The summed E-state index contributed by atoms with van der Waals surface area (Å²) >= 11 is 0. The third kappa shape index (κ3) is 10.9. The molecular formula is C37H51N5O5. The molecule has 1 saturated heterocycles. The minimum atomic E-state index is -1.07. The van der Waals surface area contributed by atoms with E-state index >= 15 is 0 Å². The maximum absolute atomic E-state index is 14.1. The fourth-order valence-corrected chi connectivity index (χ4v) is 6.10. The molecule has 4 atom stereocenters. The van der Waals surface area contributed by atoms with Gasteiger partial charge in [-0.15, -0.1) is 0 Å². The third-order valence-electron chi connectivity index (χ3n) is 8.64. The van der Waals surface area contributed by atoms with Crippen LogP contribution in [0.2, 0.25) is 0 Å². The molecule has 0 radical (unpaired) electrons. The van der Waals surface area contributed by atoms with Crippen molar-refractivity contribution in [2.75, 3.05) is 13.1 Å². The molecule has 1 aromatic heterocycles. The van der Waals surface area contributed by atoms with Crippen LogP contribution in [0, 0.1) is 11.8 Å². The second-order valence-corrected chi connectivity index (χ2v) is 13.9. The van der Waals surface area contributed by atoms with Gasteiger partial charge in [0.05, 0.1) is 18.5 Å². The van der Waals surface area contributed by atoms with Gasteiger partial charge >= 0.3 is 6.09 Å². The minimum Gasteiger partial charge on any atom is -0.444 e.